The van der Waals surface area contributed by atoms with Crippen molar-refractivity contribution in [2.45, 2.75) is 47.1 Å². The Morgan fingerprint density at radius 1 is 1.16 bits per heavy atom. The fourth-order valence-electron chi connectivity index (χ4n) is 4.30. The predicted molar refractivity (Wildman–Crippen MR) is 127 cm³/mol. The minimum Gasteiger partial charge on any atom is -0.497 e. The molecule has 0 spiro atoms. The van der Waals surface area contributed by atoms with Gasteiger partial charge in [-0.05, 0) is 55.2 Å². The van der Waals surface area contributed by atoms with Gasteiger partial charge in [0, 0.05) is 32.1 Å². The standard InChI is InChI=1S/C26H33N3O3/c1-17-7-9-21-23(13-17)32-22-10-8-19(31-6)14-20(22)25(27-21)28-11-12-29(18(2)16-28)24(30)15-26(3,4)5/h7-10,13-14,18H,11-12,15-16H2,1-6H3/t18-/m0/s1. The Kier molecular flexibility index (Phi) is 5.89. The molecule has 1 amide bonds. The van der Waals surface area contributed by atoms with Gasteiger partial charge < -0.3 is 19.3 Å². The van der Waals surface area contributed by atoms with Crippen LogP contribution in [0.5, 0.6) is 17.2 Å². The number of aliphatic imine (C=N–C) groups is 1. The second-order valence-corrected chi connectivity index (χ2v) is 9.99. The van der Waals surface area contributed by atoms with Gasteiger partial charge in [0.25, 0.3) is 0 Å². The van der Waals surface area contributed by atoms with Gasteiger partial charge in [-0.1, -0.05) is 26.8 Å². The summed E-state index contributed by atoms with van der Waals surface area (Å²) in [5.74, 6) is 3.34. The van der Waals surface area contributed by atoms with E-state index < -0.39 is 0 Å². The number of hydrogen-bond acceptors (Lipinski definition) is 5. The second-order valence-electron chi connectivity index (χ2n) is 9.99. The number of amides is 1. The molecule has 2 aromatic carbocycles. The number of carbonyl (C=O) groups excluding carboxylic acids is 1. The highest BCUT2D eigenvalue weighted by Crippen LogP contribution is 2.40. The van der Waals surface area contributed by atoms with Crippen LogP contribution in [-0.4, -0.2) is 54.3 Å². The summed E-state index contributed by atoms with van der Waals surface area (Å²) in [5, 5.41) is 0. The van der Waals surface area contributed by atoms with Gasteiger partial charge in [-0.25, -0.2) is 4.99 Å². The molecule has 2 aliphatic rings. The van der Waals surface area contributed by atoms with Gasteiger partial charge in [0.2, 0.25) is 5.91 Å². The van der Waals surface area contributed by atoms with Gasteiger partial charge in [0.15, 0.2) is 5.75 Å². The molecule has 6 heteroatoms. The third-order valence-electron chi connectivity index (χ3n) is 5.92. The smallest absolute Gasteiger partial charge is 0.223 e. The van der Waals surface area contributed by atoms with Crippen molar-refractivity contribution in [2.24, 2.45) is 10.4 Å². The van der Waals surface area contributed by atoms with Crippen molar-refractivity contribution in [3.05, 3.63) is 47.5 Å². The first-order chi connectivity index (χ1) is 15.1. The summed E-state index contributed by atoms with van der Waals surface area (Å²) in [6.45, 7) is 12.6. The highest BCUT2D eigenvalue weighted by atomic mass is 16.5. The zero-order valence-corrected chi connectivity index (χ0v) is 19.9. The maximum Gasteiger partial charge on any atom is 0.223 e. The molecule has 1 fully saturated rings. The van der Waals surface area contributed by atoms with Crippen molar-refractivity contribution in [3.8, 4) is 17.2 Å². The molecular weight excluding hydrogens is 402 g/mol. The number of hydrogen-bond donors (Lipinski definition) is 0. The van der Waals surface area contributed by atoms with E-state index in [1.807, 2.05) is 48.2 Å². The topological polar surface area (TPSA) is 54.4 Å². The molecule has 0 saturated carbocycles. The summed E-state index contributed by atoms with van der Waals surface area (Å²) in [5.41, 5.74) is 2.81. The van der Waals surface area contributed by atoms with E-state index in [2.05, 4.69) is 32.6 Å². The lowest BCUT2D eigenvalue weighted by atomic mass is 9.91. The monoisotopic (exact) mass is 435 g/mol. The van der Waals surface area contributed by atoms with Crippen molar-refractivity contribution in [3.63, 3.8) is 0 Å². The van der Waals surface area contributed by atoms with Crippen molar-refractivity contribution in [1.82, 2.24) is 9.80 Å². The van der Waals surface area contributed by atoms with E-state index in [4.69, 9.17) is 14.5 Å². The van der Waals surface area contributed by atoms with Crippen LogP contribution in [0.15, 0.2) is 41.4 Å². The van der Waals surface area contributed by atoms with Crippen LogP contribution in [-0.2, 0) is 4.79 Å². The molecule has 2 aromatic rings. The molecule has 1 saturated heterocycles. The minimum absolute atomic E-state index is 0.0199. The molecule has 0 unspecified atom stereocenters. The van der Waals surface area contributed by atoms with Crippen molar-refractivity contribution >= 4 is 17.4 Å². The molecule has 170 valence electrons. The fourth-order valence-corrected chi connectivity index (χ4v) is 4.30. The first-order valence-electron chi connectivity index (χ1n) is 11.2. The molecule has 0 aliphatic carbocycles. The number of carbonyl (C=O) groups is 1. The summed E-state index contributed by atoms with van der Waals surface area (Å²) in [6.07, 6.45) is 0.554. The Hall–Kier alpha value is -3.02. The third-order valence-corrected chi connectivity index (χ3v) is 5.92. The molecule has 32 heavy (non-hydrogen) atoms. The lowest BCUT2D eigenvalue weighted by Gasteiger charge is -2.42. The van der Waals surface area contributed by atoms with Crippen molar-refractivity contribution in [2.75, 3.05) is 26.7 Å². The first kappa shape index (κ1) is 22.2. The number of nitrogens with zero attached hydrogens (tertiary/aromatic N) is 3. The number of aryl methyl sites for hydroxylation is 1. The van der Waals surface area contributed by atoms with Crippen LogP contribution < -0.4 is 9.47 Å². The molecule has 2 heterocycles. The SMILES string of the molecule is COc1ccc2c(c1)C(N1CCN(C(=O)CC(C)(C)C)[C@@H](C)C1)=Nc1ccc(C)cc1O2. The number of benzene rings is 2. The number of amidine groups is 1. The summed E-state index contributed by atoms with van der Waals surface area (Å²) in [4.78, 5) is 22.2. The summed E-state index contributed by atoms with van der Waals surface area (Å²) >= 11 is 0. The lowest BCUT2D eigenvalue weighted by Crippen LogP contribution is -2.56. The quantitative estimate of drug-likeness (QED) is 0.654. The van der Waals surface area contributed by atoms with E-state index >= 15 is 0 Å². The Labute approximate surface area is 190 Å². The number of piperazine rings is 1. The Bertz CT molecular complexity index is 1050. The van der Waals surface area contributed by atoms with Crippen LogP contribution in [0.3, 0.4) is 0 Å². The number of rotatable bonds is 2. The maximum absolute atomic E-state index is 12.9. The number of methoxy groups -OCH3 is 1. The first-order valence-corrected chi connectivity index (χ1v) is 11.2. The number of ether oxygens (including phenoxy) is 2. The van der Waals surface area contributed by atoms with Gasteiger partial charge in [-0.3, -0.25) is 4.79 Å². The van der Waals surface area contributed by atoms with Crippen molar-refractivity contribution in [1.29, 1.82) is 0 Å². The van der Waals surface area contributed by atoms with Crippen LogP contribution in [0.1, 0.15) is 45.2 Å². The Balaban J connectivity index is 1.67. The van der Waals surface area contributed by atoms with Crippen LogP contribution in [0.4, 0.5) is 5.69 Å². The van der Waals surface area contributed by atoms with E-state index in [0.717, 1.165) is 46.4 Å². The molecule has 1 atom stereocenters. The average Bonchev–Trinajstić information content (AvgIpc) is 2.88. The zero-order chi connectivity index (χ0) is 23.0. The second kappa shape index (κ2) is 8.49. The molecule has 0 radical (unpaired) electrons. The van der Waals surface area contributed by atoms with Crippen LogP contribution in [0, 0.1) is 12.3 Å². The van der Waals surface area contributed by atoms with Gasteiger partial charge in [-0.15, -0.1) is 0 Å². The highest BCUT2D eigenvalue weighted by Gasteiger charge is 2.33. The van der Waals surface area contributed by atoms with Gasteiger partial charge in [-0.2, -0.15) is 0 Å². The van der Waals surface area contributed by atoms with Crippen LogP contribution >= 0.6 is 0 Å². The van der Waals surface area contributed by atoms with Gasteiger partial charge in [0.1, 0.15) is 23.0 Å². The molecule has 2 aliphatic heterocycles. The summed E-state index contributed by atoms with van der Waals surface area (Å²) in [6, 6.07) is 12.0. The molecule has 0 N–H and O–H groups in total. The zero-order valence-electron chi connectivity index (χ0n) is 19.9. The fraction of sp³-hybridized carbons (Fsp3) is 0.462. The molecule has 6 nitrogen and oxygen atoms in total. The summed E-state index contributed by atoms with van der Waals surface area (Å²) in [7, 11) is 1.66. The van der Waals surface area contributed by atoms with E-state index in [-0.39, 0.29) is 17.4 Å². The van der Waals surface area contributed by atoms with Crippen LogP contribution in [0.25, 0.3) is 0 Å². The largest absolute Gasteiger partial charge is 0.497 e. The molecule has 0 aromatic heterocycles. The van der Waals surface area contributed by atoms with E-state index in [0.29, 0.717) is 19.5 Å². The van der Waals surface area contributed by atoms with E-state index in [9.17, 15) is 4.79 Å². The molecule has 0 bridgehead atoms. The van der Waals surface area contributed by atoms with E-state index in [1.165, 1.54) is 0 Å². The van der Waals surface area contributed by atoms with E-state index in [1.54, 1.807) is 7.11 Å². The van der Waals surface area contributed by atoms with Gasteiger partial charge >= 0.3 is 0 Å². The normalized spacial score (nSPS) is 18.2. The highest BCUT2D eigenvalue weighted by molar-refractivity contribution is 6.04. The molecular formula is C26H33N3O3. The van der Waals surface area contributed by atoms with Gasteiger partial charge in [0.05, 0.1) is 12.7 Å². The number of fused-ring (bicyclic) bond motifs is 2. The summed E-state index contributed by atoms with van der Waals surface area (Å²) < 4.78 is 11.8. The average molecular weight is 436 g/mol. The van der Waals surface area contributed by atoms with Crippen molar-refractivity contribution < 1.29 is 14.3 Å². The van der Waals surface area contributed by atoms with Crippen LogP contribution in [0.2, 0.25) is 0 Å². The third kappa shape index (κ3) is 4.59. The Morgan fingerprint density at radius 2 is 1.94 bits per heavy atom. The Morgan fingerprint density at radius 3 is 2.62 bits per heavy atom. The lowest BCUT2D eigenvalue weighted by molar-refractivity contribution is -0.136. The molecule has 4 rings (SSSR count). The maximum atomic E-state index is 12.9. The minimum atomic E-state index is -0.0199. The predicted octanol–water partition coefficient (Wildman–Crippen LogP) is 5.16.